The van der Waals surface area contributed by atoms with Crippen LogP contribution in [0.1, 0.15) is 30.8 Å². The number of hydrogen-bond acceptors (Lipinski definition) is 6. The van der Waals surface area contributed by atoms with E-state index < -0.39 is 0 Å². The van der Waals surface area contributed by atoms with Crippen molar-refractivity contribution < 1.29 is 19.1 Å². The van der Waals surface area contributed by atoms with Gasteiger partial charge in [-0.25, -0.2) is 4.98 Å². The molecular weight excluding hydrogens is 396 g/mol. The molecule has 8 nitrogen and oxygen atoms in total. The minimum absolute atomic E-state index is 0.0158. The fourth-order valence-electron chi connectivity index (χ4n) is 4.31. The summed E-state index contributed by atoms with van der Waals surface area (Å²) in [4.78, 5) is 37.9. The maximum absolute atomic E-state index is 13.2. The molecule has 4 rings (SSSR count). The largest absolute Gasteiger partial charge is 0.497 e. The van der Waals surface area contributed by atoms with E-state index in [0.717, 1.165) is 24.2 Å². The van der Waals surface area contributed by atoms with Crippen LogP contribution in [0, 0.1) is 19.8 Å². The summed E-state index contributed by atoms with van der Waals surface area (Å²) in [6.45, 7) is 5.32. The predicted octanol–water partition coefficient (Wildman–Crippen LogP) is 2.52. The number of amides is 2. The van der Waals surface area contributed by atoms with Crippen molar-refractivity contribution in [3.8, 4) is 11.6 Å². The third kappa shape index (κ3) is 4.78. The van der Waals surface area contributed by atoms with E-state index in [1.54, 1.807) is 12.0 Å². The summed E-state index contributed by atoms with van der Waals surface area (Å²) >= 11 is 0. The maximum Gasteiger partial charge on any atom is 0.228 e. The minimum Gasteiger partial charge on any atom is -0.497 e. The number of rotatable bonds is 5. The second-order valence-corrected chi connectivity index (χ2v) is 8.17. The molecule has 8 heteroatoms. The zero-order valence-corrected chi connectivity index (χ0v) is 18.2. The number of methoxy groups -OCH3 is 1. The lowest BCUT2D eigenvalue weighted by atomic mass is 10.0. The SMILES string of the molecule is COc1cccc(N2CC(C(=O)N3CCCC(Oc4cc(C)nc(C)n4)C3)CC2=O)c1. The number of hydrogen-bond donors (Lipinski definition) is 0. The Balaban J connectivity index is 1.40. The van der Waals surface area contributed by atoms with E-state index in [-0.39, 0.29) is 30.3 Å². The summed E-state index contributed by atoms with van der Waals surface area (Å²) in [5, 5.41) is 0. The molecule has 0 saturated carbocycles. The van der Waals surface area contributed by atoms with Crippen molar-refractivity contribution >= 4 is 17.5 Å². The normalized spacial score (nSPS) is 21.3. The number of carbonyl (C=O) groups is 2. The molecule has 164 valence electrons. The van der Waals surface area contributed by atoms with E-state index >= 15 is 0 Å². The van der Waals surface area contributed by atoms with Crippen LogP contribution >= 0.6 is 0 Å². The number of likely N-dealkylation sites (tertiary alicyclic amines) is 1. The average molecular weight is 425 g/mol. The number of nitrogens with zero attached hydrogens (tertiary/aromatic N) is 4. The Morgan fingerprint density at radius 2 is 2.00 bits per heavy atom. The number of carbonyl (C=O) groups excluding carboxylic acids is 2. The highest BCUT2D eigenvalue weighted by atomic mass is 16.5. The van der Waals surface area contributed by atoms with Gasteiger partial charge < -0.3 is 19.3 Å². The molecule has 0 aliphatic carbocycles. The Labute approximate surface area is 182 Å². The minimum atomic E-state index is -0.346. The van der Waals surface area contributed by atoms with E-state index in [0.29, 0.717) is 37.1 Å². The summed E-state index contributed by atoms with van der Waals surface area (Å²) in [5.74, 6) is 1.53. The van der Waals surface area contributed by atoms with Crippen molar-refractivity contribution in [1.82, 2.24) is 14.9 Å². The molecule has 0 radical (unpaired) electrons. The first-order valence-electron chi connectivity index (χ1n) is 10.6. The fraction of sp³-hybridized carbons (Fsp3) is 0.478. The van der Waals surface area contributed by atoms with Gasteiger partial charge >= 0.3 is 0 Å². The van der Waals surface area contributed by atoms with Crippen LogP contribution < -0.4 is 14.4 Å². The second-order valence-electron chi connectivity index (χ2n) is 8.17. The number of anilines is 1. The first-order chi connectivity index (χ1) is 14.9. The van der Waals surface area contributed by atoms with Crippen molar-refractivity contribution in [2.75, 3.05) is 31.6 Å². The third-order valence-corrected chi connectivity index (χ3v) is 5.76. The van der Waals surface area contributed by atoms with Crippen LogP contribution in [-0.2, 0) is 9.59 Å². The van der Waals surface area contributed by atoms with Crippen molar-refractivity contribution in [1.29, 1.82) is 0 Å². The van der Waals surface area contributed by atoms with Gasteiger partial charge in [-0.1, -0.05) is 6.07 Å². The van der Waals surface area contributed by atoms with Crippen molar-refractivity contribution in [2.24, 2.45) is 5.92 Å². The van der Waals surface area contributed by atoms with Gasteiger partial charge in [-0.2, -0.15) is 4.98 Å². The van der Waals surface area contributed by atoms with Gasteiger partial charge in [0.1, 0.15) is 17.7 Å². The summed E-state index contributed by atoms with van der Waals surface area (Å²) in [5.41, 5.74) is 1.61. The molecule has 0 N–H and O–H groups in total. The lowest BCUT2D eigenvalue weighted by Crippen LogP contribution is -2.47. The third-order valence-electron chi connectivity index (χ3n) is 5.76. The van der Waals surface area contributed by atoms with Crippen LogP contribution in [0.4, 0.5) is 5.69 Å². The highest BCUT2D eigenvalue weighted by Crippen LogP contribution is 2.29. The van der Waals surface area contributed by atoms with Gasteiger partial charge in [-0.05, 0) is 38.8 Å². The predicted molar refractivity (Wildman–Crippen MR) is 115 cm³/mol. The molecule has 1 aromatic heterocycles. The van der Waals surface area contributed by atoms with Crippen LogP contribution in [0.2, 0.25) is 0 Å². The molecule has 2 atom stereocenters. The zero-order valence-electron chi connectivity index (χ0n) is 18.2. The molecule has 0 spiro atoms. The van der Waals surface area contributed by atoms with Gasteiger partial charge in [-0.15, -0.1) is 0 Å². The average Bonchev–Trinajstić information content (AvgIpc) is 3.14. The Kier molecular flexibility index (Phi) is 6.06. The van der Waals surface area contributed by atoms with Crippen molar-refractivity contribution in [3.63, 3.8) is 0 Å². The number of ether oxygens (including phenoxy) is 2. The molecule has 2 aliphatic heterocycles. The van der Waals surface area contributed by atoms with Gasteiger partial charge in [0.2, 0.25) is 17.7 Å². The molecule has 2 saturated heterocycles. The highest BCUT2D eigenvalue weighted by Gasteiger charge is 2.38. The van der Waals surface area contributed by atoms with E-state index in [2.05, 4.69) is 9.97 Å². The zero-order chi connectivity index (χ0) is 22.0. The van der Waals surface area contributed by atoms with Crippen LogP contribution in [0.5, 0.6) is 11.6 Å². The molecule has 31 heavy (non-hydrogen) atoms. The van der Waals surface area contributed by atoms with Crippen LogP contribution in [0.25, 0.3) is 0 Å². The maximum atomic E-state index is 13.2. The number of aryl methyl sites for hydroxylation is 2. The monoisotopic (exact) mass is 424 g/mol. The van der Waals surface area contributed by atoms with Gasteiger partial charge in [0, 0.05) is 43.0 Å². The smallest absolute Gasteiger partial charge is 0.228 e. The Bertz CT molecular complexity index is 960. The molecule has 2 unspecified atom stereocenters. The molecule has 3 heterocycles. The highest BCUT2D eigenvalue weighted by molar-refractivity contribution is 6.00. The topological polar surface area (TPSA) is 84.9 Å². The molecule has 2 aromatic rings. The fourth-order valence-corrected chi connectivity index (χ4v) is 4.31. The van der Waals surface area contributed by atoms with Gasteiger partial charge in [0.15, 0.2) is 0 Å². The summed E-state index contributed by atoms with van der Waals surface area (Å²) in [6.07, 6.45) is 1.84. The lowest BCUT2D eigenvalue weighted by Gasteiger charge is -2.34. The summed E-state index contributed by atoms with van der Waals surface area (Å²) in [7, 11) is 1.59. The molecule has 2 aliphatic rings. The lowest BCUT2D eigenvalue weighted by molar-refractivity contribution is -0.138. The first kappa shape index (κ1) is 21.1. The van der Waals surface area contributed by atoms with E-state index in [4.69, 9.17) is 9.47 Å². The molecular formula is C23H28N4O4. The van der Waals surface area contributed by atoms with Crippen LogP contribution in [-0.4, -0.2) is 59.5 Å². The quantitative estimate of drug-likeness (QED) is 0.733. The van der Waals surface area contributed by atoms with E-state index in [1.165, 1.54) is 0 Å². The number of aromatic nitrogens is 2. The van der Waals surface area contributed by atoms with Crippen LogP contribution in [0.3, 0.4) is 0 Å². The van der Waals surface area contributed by atoms with Gasteiger partial charge in [0.05, 0.1) is 19.6 Å². The van der Waals surface area contributed by atoms with Crippen molar-refractivity contribution in [3.05, 3.63) is 41.9 Å². The molecule has 0 bridgehead atoms. The summed E-state index contributed by atoms with van der Waals surface area (Å²) in [6, 6.07) is 9.18. The van der Waals surface area contributed by atoms with Gasteiger partial charge in [-0.3, -0.25) is 9.59 Å². The number of benzene rings is 1. The summed E-state index contributed by atoms with van der Waals surface area (Å²) < 4.78 is 11.3. The molecule has 2 fully saturated rings. The molecule has 1 aromatic carbocycles. The molecule has 2 amide bonds. The first-order valence-corrected chi connectivity index (χ1v) is 10.6. The van der Waals surface area contributed by atoms with Crippen LogP contribution in [0.15, 0.2) is 30.3 Å². The van der Waals surface area contributed by atoms with Gasteiger partial charge in [0.25, 0.3) is 0 Å². The Morgan fingerprint density at radius 1 is 1.16 bits per heavy atom. The van der Waals surface area contributed by atoms with Crippen molar-refractivity contribution in [2.45, 2.75) is 39.2 Å². The Morgan fingerprint density at radius 3 is 2.77 bits per heavy atom. The van der Waals surface area contributed by atoms with E-state index in [9.17, 15) is 9.59 Å². The second kappa shape index (κ2) is 8.91. The number of piperidine rings is 1. The van der Waals surface area contributed by atoms with E-state index in [1.807, 2.05) is 49.1 Å². The standard InChI is InChI=1S/C23H28N4O4/c1-15-10-21(25-16(2)24-15)31-20-8-5-9-26(14-20)23(29)17-11-22(28)27(13-17)18-6-4-7-19(12-18)30-3/h4,6-7,10,12,17,20H,5,8-9,11,13-14H2,1-3H3. The Hall–Kier alpha value is -3.16.